The molecule has 5 heteroatoms. The number of ether oxygens (including phenoxy) is 1. The summed E-state index contributed by atoms with van der Waals surface area (Å²) in [7, 11) is 1.46. The maximum atomic E-state index is 13.2. The highest BCUT2D eigenvalue weighted by Gasteiger charge is 2.42. The van der Waals surface area contributed by atoms with Gasteiger partial charge in [-0.2, -0.15) is 12.6 Å². The van der Waals surface area contributed by atoms with Crippen LogP contribution < -0.4 is 10.1 Å². The van der Waals surface area contributed by atoms with Crippen LogP contribution in [0.3, 0.4) is 0 Å². The second kappa shape index (κ2) is 5.18. The van der Waals surface area contributed by atoms with E-state index in [1.807, 2.05) is 0 Å². The molecule has 0 bridgehead atoms. The Morgan fingerprint density at radius 1 is 1.50 bits per heavy atom. The molecule has 0 radical (unpaired) electrons. The smallest absolute Gasteiger partial charge is 0.224 e. The van der Waals surface area contributed by atoms with E-state index in [0.717, 1.165) is 12.8 Å². The van der Waals surface area contributed by atoms with E-state index in [4.69, 9.17) is 4.74 Å². The molecule has 1 N–H and O–H groups in total. The number of anilines is 1. The molecule has 3 nitrogen and oxygen atoms in total. The van der Waals surface area contributed by atoms with Crippen LogP contribution in [0.2, 0.25) is 0 Å². The highest BCUT2D eigenvalue weighted by atomic mass is 32.1. The normalized spacial score (nSPS) is 16.2. The van der Waals surface area contributed by atoms with Crippen molar-refractivity contribution in [3.63, 3.8) is 0 Å². The Bertz CT molecular complexity index is 460. The van der Waals surface area contributed by atoms with E-state index >= 15 is 0 Å². The molecule has 1 saturated carbocycles. The molecule has 1 aliphatic carbocycles. The van der Waals surface area contributed by atoms with Crippen LogP contribution in [0.15, 0.2) is 18.2 Å². The maximum absolute atomic E-state index is 13.2. The minimum absolute atomic E-state index is 0.0601. The summed E-state index contributed by atoms with van der Waals surface area (Å²) < 4.78 is 18.2. The molecule has 98 valence electrons. The number of carbonyl (C=O) groups excluding carboxylic acids is 1. The number of hydrogen-bond donors (Lipinski definition) is 2. The van der Waals surface area contributed by atoms with Gasteiger partial charge in [0.2, 0.25) is 5.91 Å². The molecule has 1 aromatic carbocycles. The predicted molar refractivity (Wildman–Crippen MR) is 71.7 cm³/mol. The topological polar surface area (TPSA) is 38.3 Å². The average molecular weight is 269 g/mol. The Morgan fingerprint density at radius 2 is 2.22 bits per heavy atom. The van der Waals surface area contributed by atoms with Gasteiger partial charge in [0.1, 0.15) is 11.6 Å². The standard InChI is InChI=1S/C13H16FNO2S/c1-17-11-5-9(14)4-10(6-11)15-12(16)7-13(8-18)2-3-13/h4-6,18H,2-3,7-8H2,1H3,(H,15,16). The third-order valence-corrected chi connectivity index (χ3v) is 3.89. The van der Waals surface area contributed by atoms with Crippen LogP contribution in [-0.2, 0) is 4.79 Å². The fourth-order valence-corrected chi connectivity index (χ4v) is 2.29. The second-order valence-corrected chi connectivity index (χ2v) is 5.08. The van der Waals surface area contributed by atoms with E-state index in [0.29, 0.717) is 23.6 Å². The van der Waals surface area contributed by atoms with E-state index in [1.54, 1.807) is 6.07 Å². The quantitative estimate of drug-likeness (QED) is 0.807. The Kier molecular flexibility index (Phi) is 3.80. The van der Waals surface area contributed by atoms with Crippen molar-refractivity contribution in [3.8, 4) is 5.75 Å². The Hall–Kier alpha value is -1.23. The number of nitrogens with one attached hydrogen (secondary N) is 1. The van der Waals surface area contributed by atoms with E-state index in [9.17, 15) is 9.18 Å². The predicted octanol–water partition coefficient (Wildman–Crippen LogP) is 2.87. The molecule has 2 rings (SSSR count). The second-order valence-electron chi connectivity index (χ2n) is 4.76. The number of thiol groups is 1. The Balaban J connectivity index is 2.00. The fourth-order valence-electron chi connectivity index (χ4n) is 1.87. The summed E-state index contributed by atoms with van der Waals surface area (Å²) in [4.78, 5) is 11.8. The van der Waals surface area contributed by atoms with Gasteiger partial charge in [0.15, 0.2) is 0 Å². The van der Waals surface area contributed by atoms with Crippen LogP contribution in [0.25, 0.3) is 0 Å². The number of rotatable bonds is 5. The number of carbonyl (C=O) groups is 1. The number of methoxy groups -OCH3 is 1. The summed E-state index contributed by atoms with van der Waals surface area (Å²) in [5.74, 6) is 0.571. The molecule has 1 aromatic rings. The molecular weight excluding hydrogens is 253 g/mol. The van der Waals surface area contributed by atoms with Gasteiger partial charge in [0.25, 0.3) is 0 Å². The third kappa shape index (κ3) is 3.16. The molecular formula is C13H16FNO2S. The van der Waals surface area contributed by atoms with Gasteiger partial charge >= 0.3 is 0 Å². The van der Waals surface area contributed by atoms with Crippen LogP contribution in [0, 0.1) is 11.2 Å². The first-order valence-corrected chi connectivity index (χ1v) is 6.45. The van der Waals surface area contributed by atoms with E-state index in [-0.39, 0.29) is 11.3 Å². The van der Waals surface area contributed by atoms with Gasteiger partial charge in [-0.15, -0.1) is 0 Å². The van der Waals surface area contributed by atoms with Gasteiger partial charge in [0.05, 0.1) is 7.11 Å². The lowest BCUT2D eigenvalue weighted by Crippen LogP contribution is -2.18. The average Bonchev–Trinajstić information content (AvgIpc) is 3.08. The number of amides is 1. The Morgan fingerprint density at radius 3 is 2.78 bits per heavy atom. The highest BCUT2D eigenvalue weighted by molar-refractivity contribution is 7.80. The van der Waals surface area contributed by atoms with Crippen LogP contribution in [-0.4, -0.2) is 18.8 Å². The fraction of sp³-hybridized carbons (Fsp3) is 0.462. The first-order valence-electron chi connectivity index (χ1n) is 5.82. The monoisotopic (exact) mass is 269 g/mol. The largest absolute Gasteiger partial charge is 0.497 e. The summed E-state index contributed by atoms with van der Waals surface area (Å²) in [6.45, 7) is 0. The molecule has 18 heavy (non-hydrogen) atoms. The number of halogens is 1. The zero-order valence-corrected chi connectivity index (χ0v) is 11.1. The van der Waals surface area contributed by atoms with Gasteiger partial charge in [-0.1, -0.05) is 0 Å². The number of hydrogen-bond acceptors (Lipinski definition) is 3. The van der Waals surface area contributed by atoms with Gasteiger partial charge in [-0.3, -0.25) is 4.79 Å². The third-order valence-electron chi connectivity index (χ3n) is 3.22. The van der Waals surface area contributed by atoms with Gasteiger partial charge < -0.3 is 10.1 Å². The zero-order valence-electron chi connectivity index (χ0n) is 10.2. The minimum atomic E-state index is -0.431. The van der Waals surface area contributed by atoms with Gasteiger partial charge in [0, 0.05) is 24.2 Å². The highest BCUT2D eigenvalue weighted by Crippen LogP contribution is 2.49. The summed E-state index contributed by atoms with van der Waals surface area (Å²) in [6.07, 6.45) is 2.52. The van der Waals surface area contributed by atoms with Crippen LogP contribution in [0.4, 0.5) is 10.1 Å². The molecule has 0 atom stereocenters. The van der Waals surface area contributed by atoms with Crippen molar-refractivity contribution >= 4 is 24.2 Å². The summed E-state index contributed by atoms with van der Waals surface area (Å²) >= 11 is 4.25. The maximum Gasteiger partial charge on any atom is 0.224 e. The lowest BCUT2D eigenvalue weighted by Gasteiger charge is -2.12. The first-order chi connectivity index (χ1) is 8.57. The molecule has 1 fully saturated rings. The van der Waals surface area contributed by atoms with Crippen molar-refractivity contribution in [2.24, 2.45) is 5.41 Å². The van der Waals surface area contributed by atoms with Crippen molar-refractivity contribution in [1.29, 1.82) is 0 Å². The van der Waals surface area contributed by atoms with Crippen LogP contribution in [0.1, 0.15) is 19.3 Å². The summed E-state index contributed by atoms with van der Waals surface area (Å²) in [5, 5.41) is 2.70. The molecule has 0 heterocycles. The molecule has 0 spiro atoms. The first kappa shape index (κ1) is 13.2. The van der Waals surface area contributed by atoms with Crippen molar-refractivity contribution in [1.82, 2.24) is 0 Å². The van der Waals surface area contributed by atoms with E-state index < -0.39 is 5.82 Å². The minimum Gasteiger partial charge on any atom is -0.497 e. The molecule has 0 unspecified atom stereocenters. The van der Waals surface area contributed by atoms with E-state index in [2.05, 4.69) is 17.9 Å². The SMILES string of the molecule is COc1cc(F)cc(NC(=O)CC2(CS)CC2)c1. The van der Waals surface area contributed by atoms with Crippen molar-refractivity contribution in [3.05, 3.63) is 24.0 Å². The summed E-state index contributed by atoms with van der Waals surface area (Å²) in [6, 6.07) is 4.15. The van der Waals surface area contributed by atoms with Crippen molar-refractivity contribution in [2.45, 2.75) is 19.3 Å². The molecule has 1 amide bonds. The van der Waals surface area contributed by atoms with Gasteiger partial charge in [-0.25, -0.2) is 4.39 Å². The lowest BCUT2D eigenvalue weighted by molar-refractivity contribution is -0.117. The summed E-state index contributed by atoms with van der Waals surface area (Å²) in [5.41, 5.74) is 0.483. The van der Waals surface area contributed by atoms with Crippen LogP contribution >= 0.6 is 12.6 Å². The molecule has 0 saturated heterocycles. The zero-order chi connectivity index (χ0) is 13.2. The van der Waals surface area contributed by atoms with Crippen molar-refractivity contribution in [2.75, 3.05) is 18.2 Å². The van der Waals surface area contributed by atoms with Gasteiger partial charge in [-0.05, 0) is 30.1 Å². The number of benzene rings is 1. The Labute approximate surface area is 111 Å². The van der Waals surface area contributed by atoms with Crippen LogP contribution in [0.5, 0.6) is 5.75 Å². The van der Waals surface area contributed by atoms with Crippen molar-refractivity contribution < 1.29 is 13.9 Å². The van der Waals surface area contributed by atoms with E-state index in [1.165, 1.54) is 19.2 Å². The molecule has 1 aliphatic rings. The molecule has 0 aliphatic heterocycles. The lowest BCUT2D eigenvalue weighted by atomic mass is 10.1. The molecule has 0 aromatic heterocycles.